The maximum absolute atomic E-state index is 12.1. The van der Waals surface area contributed by atoms with E-state index in [4.69, 9.17) is 14.2 Å². The number of aliphatic carboxylic acids is 1. The molecule has 258 valence electrons. The molecular formula is C38H48N2O8. The number of aromatic nitrogens is 1. The van der Waals surface area contributed by atoms with Crippen molar-refractivity contribution in [1.82, 2.24) is 4.98 Å². The van der Waals surface area contributed by atoms with E-state index in [0.717, 1.165) is 47.6 Å². The second-order valence-electron chi connectivity index (χ2n) is 11.9. The Morgan fingerprint density at radius 2 is 1.40 bits per heavy atom. The molecule has 10 heteroatoms. The van der Waals surface area contributed by atoms with E-state index in [-0.39, 0.29) is 11.3 Å². The maximum Gasteiger partial charge on any atom is 0.342 e. The third kappa shape index (κ3) is 8.23. The number of aliphatic imine (C=N–C) groups is 1. The second-order valence-corrected chi connectivity index (χ2v) is 11.9. The first-order valence-corrected chi connectivity index (χ1v) is 16.1. The van der Waals surface area contributed by atoms with Crippen molar-refractivity contribution in [3.63, 3.8) is 0 Å². The van der Waals surface area contributed by atoms with Crippen LogP contribution < -0.4 is 9.47 Å². The lowest BCUT2D eigenvalue weighted by Gasteiger charge is -2.36. The topological polar surface area (TPSA) is 148 Å². The highest BCUT2D eigenvalue weighted by Gasteiger charge is 2.48. The number of carboxylic acids is 1. The zero-order valence-corrected chi connectivity index (χ0v) is 29.2. The molecular weight excluding hydrogens is 612 g/mol. The fourth-order valence-electron chi connectivity index (χ4n) is 5.66. The van der Waals surface area contributed by atoms with Crippen LogP contribution in [0.25, 0.3) is 5.70 Å². The molecule has 10 nitrogen and oxygen atoms in total. The largest absolute Gasteiger partial charge is 0.505 e. The third-order valence-corrected chi connectivity index (χ3v) is 8.84. The van der Waals surface area contributed by atoms with Crippen molar-refractivity contribution in [3.8, 4) is 17.2 Å². The fourth-order valence-corrected chi connectivity index (χ4v) is 5.66. The quantitative estimate of drug-likeness (QED) is 0.179. The van der Waals surface area contributed by atoms with Gasteiger partial charge in [0.1, 0.15) is 28.6 Å². The van der Waals surface area contributed by atoms with Gasteiger partial charge in [0.15, 0.2) is 5.75 Å². The van der Waals surface area contributed by atoms with Gasteiger partial charge in [0.25, 0.3) is 0 Å². The molecule has 0 bridgehead atoms. The van der Waals surface area contributed by atoms with Crippen molar-refractivity contribution >= 4 is 23.3 Å². The van der Waals surface area contributed by atoms with Gasteiger partial charge in [-0.25, -0.2) is 4.79 Å². The predicted octanol–water partition coefficient (Wildman–Crippen LogP) is 6.76. The van der Waals surface area contributed by atoms with Gasteiger partial charge in [0.05, 0.1) is 32.7 Å². The van der Waals surface area contributed by atoms with Gasteiger partial charge in [-0.3, -0.25) is 14.8 Å². The molecule has 2 unspecified atom stereocenters. The van der Waals surface area contributed by atoms with Crippen molar-refractivity contribution < 1.29 is 39.1 Å². The number of aliphatic hydroxyl groups is 1. The number of methoxy groups -OCH3 is 3. The normalized spacial score (nSPS) is 17.2. The number of carboxylic acid groups (broad SMARTS) is 1. The van der Waals surface area contributed by atoms with Crippen LogP contribution in [0.5, 0.6) is 17.2 Å². The standard InChI is InChI=1S/C20H25NO4.C18H23NO4/c1-5-6-17-19(22)18(20(23)25-4)13(2)16(21-17)12-9-14-7-10-15(24-3)11-8-14;1-5-6-14-16(20)18(3,17(21)22)11(2)15(19-14)12-7-9-13(23-4)10-8-12/h7-8,10-11,22H,5-6,9,12H2,1-4H3;7-10,16,20H,5-6H2,1-4H3,(H,21,22). The molecule has 3 aromatic rings. The fraction of sp³-hybridized carbons (Fsp3) is 0.421. The number of hydrogen-bond acceptors (Lipinski definition) is 9. The number of aromatic hydroxyl groups is 1. The number of aliphatic hydroxyl groups excluding tert-OH is 1. The Balaban J connectivity index is 0.000000261. The molecule has 0 spiro atoms. The van der Waals surface area contributed by atoms with E-state index in [1.807, 2.05) is 62.4 Å². The molecule has 1 aliphatic rings. The van der Waals surface area contributed by atoms with Gasteiger partial charge in [-0.2, -0.15) is 0 Å². The van der Waals surface area contributed by atoms with E-state index in [1.165, 1.54) is 7.11 Å². The van der Waals surface area contributed by atoms with Crippen LogP contribution >= 0.6 is 0 Å². The number of carbonyl (C=O) groups is 2. The minimum atomic E-state index is -1.37. The van der Waals surface area contributed by atoms with Gasteiger partial charge in [-0.05, 0) is 99.6 Å². The van der Waals surface area contributed by atoms with Crippen LogP contribution in [0.2, 0.25) is 0 Å². The smallest absolute Gasteiger partial charge is 0.342 e. The number of esters is 1. The minimum Gasteiger partial charge on any atom is -0.505 e. The molecule has 0 radical (unpaired) electrons. The maximum atomic E-state index is 12.1. The Hall–Kier alpha value is -4.70. The van der Waals surface area contributed by atoms with E-state index >= 15 is 0 Å². The molecule has 48 heavy (non-hydrogen) atoms. The number of hydrogen-bond donors (Lipinski definition) is 3. The van der Waals surface area contributed by atoms with Gasteiger partial charge in [0, 0.05) is 17.0 Å². The molecule has 4 rings (SSSR count). The van der Waals surface area contributed by atoms with Crippen molar-refractivity contribution in [2.24, 2.45) is 10.4 Å². The van der Waals surface area contributed by atoms with Gasteiger partial charge >= 0.3 is 11.9 Å². The van der Waals surface area contributed by atoms with Gasteiger partial charge in [-0.15, -0.1) is 0 Å². The molecule has 1 aliphatic heterocycles. The first kappa shape index (κ1) is 37.8. The Kier molecular flexibility index (Phi) is 13.3. The molecule has 0 aliphatic carbocycles. The van der Waals surface area contributed by atoms with Crippen LogP contribution in [-0.2, 0) is 28.8 Å². The molecule has 0 saturated heterocycles. The SMILES string of the molecule is CCCC1=NC(c2ccc(OC)cc2)=C(C)C(C)(C(=O)O)C1O.CCCc1nc(CCc2ccc(OC)cc2)c(C)c(C(=O)OC)c1O. The Morgan fingerprint density at radius 3 is 1.90 bits per heavy atom. The van der Waals surface area contributed by atoms with Crippen LogP contribution in [0.4, 0.5) is 0 Å². The molecule has 0 saturated carbocycles. The molecule has 1 aromatic heterocycles. The van der Waals surface area contributed by atoms with E-state index < -0.39 is 23.5 Å². The lowest BCUT2D eigenvalue weighted by molar-refractivity contribution is -0.149. The number of rotatable bonds is 12. The highest BCUT2D eigenvalue weighted by molar-refractivity contribution is 6.02. The molecule has 0 amide bonds. The average molecular weight is 661 g/mol. The first-order valence-electron chi connectivity index (χ1n) is 16.1. The minimum absolute atomic E-state index is 0.0561. The van der Waals surface area contributed by atoms with E-state index in [1.54, 1.807) is 35.0 Å². The second kappa shape index (κ2) is 16.9. The summed E-state index contributed by atoms with van der Waals surface area (Å²) in [5, 5.41) is 30.6. The molecule has 0 fully saturated rings. The van der Waals surface area contributed by atoms with E-state index in [9.17, 15) is 24.9 Å². The van der Waals surface area contributed by atoms with E-state index in [2.05, 4.69) is 9.98 Å². The summed E-state index contributed by atoms with van der Waals surface area (Å²) in [7, 11) is 4.55. The molecule has 2 heterocycles. The van der Waals surface area contributed by atoms with Crippen molar-refractivity contribution in [2.75, 3.05) is 21.3 Å². The number of nitrogens with zero attached hydrogens (tertiary/aromatic N) is 2. The number of ether oxygens (including phenoxy) is 3. The zero-order valence-electron chi connectivity index (χ0n) is 29.2. The van der Waals surface area contributed by atoms with Crippen LogP contribution in [0.3, 0.4) is 0 Å². The molecule has 2 aromatic carbocycles. The van der Waals surface area contributed by atoms with Crippen molar-refractivity contribution in [2.45, 2.75) is 79.2 Å². The summed E-state index contributed by atoms with van der Waals surface area (Å²) in [4.78, 5) is 33.1. The third-order valence-electron chi connectivity index (χ3n) is 8.84. The van der Waals surface area contributed by atoms with Gasteiger partial charge in [-0.1, -0.05) is 38.8 Å². The summed E-state index contributed by atoms with van der Waals surface area (Å²) in [6.07, 6.45) is 3.17. The van der Waals surface area contributed by atoms with Crippen molar-refractivity contribution in [3.05, 3.63) is 87.7 Å². The summed E-state index contributed by atoms with van der Waals surface area (Å²) >= 11 is 0. The number of pyridine rings is 1. The van der Waals surface area contributed by atoms with Crippen LogP contribution in [0.1, 0.15) is 85.4 Å². The van der Waals surface area contributed by atoms with Crippen LogP contribution in [-0.4, -0.2) is 65.4 Å². The summed E-state index contributed by atoms with van der Waals surface area (Å²) in [5.41, 5.74) is 4.58. The lowest BCUT2D eigenvalue weighted by Crippen LogP contribution is -2.47. The molecule has 3 N–H and O–H groups in total. The summed E-state index contributed by atoms with van der Waals surface area (Å²) in [6.45, 7) is 9.08. The van der Waals surface area contributed by atoms with E-state index in [0.29, 0.717) is 47.5 Å². The first-order chi connectivity index (χ1) is 22.9. The highest BCUT2D eigenvalue weighted by atomic mass is 16.5. The van der Waals surface area contributed by atoms with Crippen molar-refractivity contribution in [1.29, 1.82) is 0 Å². The van der Waals surface area contributed by atoms with Crippen LogP contribution in [0.15, 0.2) is 59.1 Å². The van der Waals surface area contributed by atoms with Gasteiger partial charge < -0.3 is 29.5 Å². The Morgan fingerprint density at radius 1 is 0.833 bits per heavy atom. The average Bonchev–Trinajstić information content (AvgIpc) is 3.09. The number of benzene rings is 2. The highest BCUT2D eigenvalue weighted by Crippen LogP contribution is 2.42. The van der Waals surface area contributed by atoms with Crippen LogP contribution in [0, 0.1) is 12.3 Å². The number of carbonyl (C=O) groups excluding carboxylic acids is 1. The lowest BCUT2D eigenvalue weighted by atomic mass is 9.72. The molecule has 2 atom stereocenters. The predicted molar refractivity (Wildman–Crippen MR) is 186 cm³/mol. The van der Waals surface area contributed by atoms with Gasteiger partial charge in [0.2, 0.25) is 0 Å². The Bertz CT molecular complexity index is 1640. The zero-order chi connectivity index (χ0) is 35.6. The summed E-state index contributed by atoms with van der Waals surface area (Å²) in [6, 6.07) is 15.2. The summed E-state index contributed by atoms with van der Waals surface area (Å²) in [5.74, 6) is -0.0839. The monoisotopic (exact) mass is 660 g/mol. The number of aryl methyl sites for hydroxylation is 3. The summed E-state index contributed by atoms with van der Waals surface area (Å²) < 4.78 is 15.2. The Labute approximate surface area is 283 Å².